The molecule has 0 aliphatic heterocycles. The number of unbranched alkanes of at least 4 members (excludes halogenated alkanes) is 1. The first kappa shape index (κ1) is 17.1. The first-order valence-corrected chi connectivity index (χ1v) is 8.35. The third-order valence-corrected chi connectivity index (χ3v) is 4.29. The van der Waals surface area contributed by atoms with Gasteiger partial charge in [-0.05, 0) is 44.5 Å². The van der Waals surface area contributed by atoms with Crippen molar-refractivity contribution in [2.45, 2.75) is 33.6 Å². The molecular formula is C17H20N2O3S. The van der Waals surface area contributed by atoms with Crippen molar-refractivity contribution in [3.63, 3.8) is 0 Å². The third-order valence-electron chi connectivity index (χ3n) is 3.22. The normalized spacial score (nSPS) is 10.4. The van der Waals surface area contributed by atoms with Gasteiger partial charge in [0.25, 0.3) is 5.91 Å². The average molecular weight is 332 g/mol. The Balaban J connectivity index is 1.98. The largest absolute Gasteiger partial charge is 0.462 e. The van der Waals surface area contributed by atoms with Gasteiger partial charge in [0.15, 0.2) is 0 Å². The number of ether oxygens (including phenoxy) is 1. The van der Waals surface area contributed by atoms with Crippen molar-refractivity contribution >= 4 is 28.9 Å². The number of esters is 1. The molecule has 0 atom stereocenters. The van der Waals surface area contributed by atoms with E-state index in [1.165, 1.54) is 11.3 Å². The Labute approximate surface area is 139 Å². The van der Waals surface area contributed by atoms with Crippen LogP contribution in [0.1, 0.15) is 50.5 Å². The van der Waals surface area contributed by atoms with Crippen LogP contribution in [0.2, 0.25) is 0 Å². The molecule has 0 saturated carbocycles. The van der Waals surface area contributed by atoms with Gasteiger partial charge in [-0.25, -0.2) is 9.78 Å². The highest BCUT2D eigenvalue weighted by Gasteiger charge is 2.14. The lowest BCUT2D eigenvalue weighted by atomic mass is 10.2. The van der Waals surface area contributed by atoms with Gasteiger partial charge in [-0.1, -0.05) is 13.3 Å². The van der Waals surface area contributed by atoms with Crippen LogP contribution in [-0.2, 0) is 4.74 Å². The summed E-state index contributed by atoms with van der Waals surface area (Å²) in [6.07, 6.45) is 1.84. The smallest absolute Gasteiger partial charge is 0.338 e. The van der Waals surface area contributed by atoms with E-state index < -0.39 is 0 Å². The van der Waals surface area contributed by atoms with Crippen molar-refractivity contribution in [3.8, 4) is 0 Å². The molecule has 1 amide bonds. The van der Waals surface area contributed by atoms with Crippen molar-refractivity contribution in [3.05, 3.63) is 45.4 Å². The number of hydrogen-bond donors (Lipinski definition) is 1. The van der Waals surface area contributed by atoms with Gasteiger partial charge in [0, 0.05) is 5.69 Å². The standard InChI is InChI=1S/C17H20N2O3S/c1-4-5-10-22-17(21)13-6-8-14(9-7-13)19-16(20)15-11(2)18-12(3)23-15/h6-9H,4-5,10H2,1-3H3,(H,19,20). The molecule has 0 bridgehead atoms. The molecule has 2 aromatic rings. The van der Waals surface area contributed by atoms with E-state index in [1.54, 1.807) is 24.3 Å². The molecule has 0 unspecified atom stereocenters. The highest BCUT2D eigenvalue weighted by Crippen LogP contribution is 2.19. The van der Waals surface area contributed by atoms with Crippen molar-refractivity contribution in [2.75, 3.05) is 11.9 Å². The summed E-state index contributed by atoms with van der Waals surface area (Å²) in [6, 6.07) is 6.68. The summed E-state index contributed by atoms with van der Waals surface area (Å²) in [7, 11) is 0. The molecule has 6 heteroatoms. The fraction of sp³-hybridized carbons (Fsp3) is 0.353. The average Bonchev–Trinajstić information content (AvgIpc) is 2.87. The summed E-state index contributed by atoms with van der Waals surface area (Å²) in [5, 5.41) is 3.67. The Hall–Kier alpha value is -2.21. The number of nitrogens with one attached hydrogen (secondary N) is 1. The van der Waals surface area contributed by atoms with E-state index in [9.17, 15) is 9.59 Å². The molecule has 122 valence electrons. The zero-order chi connectivity index (χ0) is 16.8. The highest BCUT2D eigenvalue weighted by molar-refractivity contribution is 7.13. The predicted octanol–water partition coefficient (Wildman–Crippen LogP) is 3.97. The number of carbonyl (C=O) groups excluding carboxylic acids is 2. The molecule has 0 saturated heterocycles. The summed E-state index contributed by atoms with van der Waals surface area (Å²) in [5.74, 6) is -0.531. The molecule has 2 rings (SSSR count). The molecular weight excluding hydrogens is 312 g/mol. The molecule has 1 N–H and O–H groups in total. The van der Waals surface area contributed by atoms with Gasteiger partial charge in [-0.15, -0.1) is 11.3 Å². The van der Waals surface area contributed by atoms with Gasteiger partial charge in [-0.3, -0.25) is 4.79 Å². The number of nitrogens with zero attached hydrogens (tertiary/aromatic N) is 1. The maximum atomic E-state index is 12.2. The maximum absolute atomic E-state index is 12.2. The molecule has 0 aliphatic carbocycles. The monoisotopic (exact) mass is 332 g/mol. The van der Waals surface area contributed by atoms with Crippen LogP contribution in [0.25, 0.3) is 0 Å². The number of thiazole rings is 1. The van der Waals surface area contributed by atoms with E-state index in [4.69, 9.17) is 4.74 Å². The van der Waals surface area contributed by atoms with Gasteiger partial charge in [0.2, 0.25) is 0 Å². The van der Waals surface area contributed by atoms with E-state index in [-0.39, 0.29) is 11.9 Å². The molecule has 0 fully saturated rings. The van der Waals surface area contributed by atoms with Crippen LogP contribution in [0.3, 0.4) is 0 Å². The number of aromatic nitrogens is 1. The number of benzene rings is 1. The van der Waals surface area contributed by atoms with Crippen LogP contribution in [0.5, 0.6) is 0 Å². The van der Waals surface area contributed by atoms with Crippen molar-refractivity contribution in [1.29, 1.82) is 0 Å². The van der Waals surface area contributed by atoms with Crippen molar-refractivity contribution in [1.82, 2.24) is 4.98 Å². The fourth-order valence-electron chi connectivity index (χ4n) is 2.01. The summed E-state index contributed by atoms with van der Waals surface area (Å²) in [6.45, 7) is 6.15. The Morgan fingerprint density at radius 1 is 1.22 bits per heavy atom. The second-order valence-electron chi connectivity index (χ2n) is 5.17. The first-order valence-electron chi connectivity index (χ1n) is 7.53. The molecule has 1 heterocycles. The number of amides is 1. The topological polar surface area (TPSA) is 68.3 Å². The molecule has 1 aromatic heterocycles. The predicted molar refractivity (Wildman–Crippen MR) is 91.2 cm³/mol. The van der Waals surface area contributed by atoms with Gasteiger partial charge >= 0.3 is 5.97 Å². The molecule has 0 spiro atoms. The second kappa shape index (κ2) is 7.87. The Morgan fingerprint density at radius 3 is 2.48 bits per heavy atom. The molecule has 23 heavy (non-hydrogen) atoms. The summed E-state index contributed by atoms with van der Waals surface area (Å²) < 4.78 is 5.14. The first-order chi connectivity index (χ1) is 11.0. The summed E-state index contributed by atoms with van der Waals surface area (Å²) in [5.41, 5.74) is 1.83. The molecule has 0 radical (unpaired) electrons. The number of aryl methyl sites for hydroxylation is 2. The van der Waals surface area contributed by atoms with E-state index in [2.05, 4.69) is 10.3 Å². The lowest BCUT2D eigenvalue weighted by molar-refractivity contribution is 0.0499. The van der Waals surface area contributed by atoms with Gasteiger partial charge < -0.3 is 10.1 Å². The fourth-order valence-corrected chi connectivity index (χ4v) is 2.83. The van der Waals surface area contributed by atoms with Crippen LogP contribution < -0.4 is 5.32 Å². The van der Waals surface area contributed by atoms with Crippen molar-refractivity contribution in [2.24, 2.45) is 0 Å². The van der Waals surface area contributed by atoms with Crippen molar-refractivity contribution < 1.29 is 14.3 Å². The van der Waals surface area contributed by atoms with Crippen LogP contribution in [0, 0.1) is 13.8 Å². The minimum Gasteiger partial charge on any atom is -0.462 e. The van der Waals surface area contributed by atoms with E-state index in [0.717, 1.165) is 23.5 Å². The maximum Gasteiger partial charge on any atom is 0.338 e. The molecule has 1 aromatic carbocycles. The third kappa shape index (κ3) is 4.63. The van der Waals surface area contributed by atoms with Crippen LogP contribution in [-0.4, -0.2) is 23.5 Å². The Bertz CT molecular complexity index is 692. The van der Waals surface area contributed by atoms with Gasteiger partial charge in [0.1, 0.15) is 4.88 Å². The summed E-state index contributed by atoms with van der Waals surface area (Å²) in [4.78, 5) is 28.9. The zero-order valence-electron chi connectivity index (χ0n) is 13.5. The molecule has 0 aliphatic rings. The highest BCUT2D eigenvalue weighted by atomic mass is 32.1. The quantitative estimate of drug-likeness (QED) is 0.642. The van der Waals surface area contributed by atoms with Gasteiger partial charge in [0.05, 0.1) is 22.9 Å². The van der Waals surface area contributed by atoms with Crippen LogP contribution in [0.15, 0.2) is 24.3 Å². The van der Waals surface area contributed by atoms with E-state index in [1.807, 2.05) is 20.8 Å². The van der Waals surface area contributed by atoms with E-state index in [0.29, 0.717) is 22.7 Å². The van der Waals surface area contributed by atoms with Crippen LogP contribution >= 0.6 is 11.3 Å². The number of carbonyl (C=O) groups is 2. The Morgan fingerprint density at radius 2 is 1.91 bits per heavy atom. The number of anilines is 1. The number of hydrogen-bond acceptors (Lipinski definition) is 5. The summed E-state index contributed by atoms with van der Waals surface area (Å²) >= 11 is 1.36. The second-order valence-corrected chi connectivity index (χ2v) is 6.37. The number of rotatable bonds is 6. The van der Waals surface area contributed by atoms with Gasteiger partial charge in [-0.2, -0.15) is 0 Å². The zero-order valence-corrected chi connectivity index (χ0v) is 14.3. The van der Waals surface area contributed by atoms with Crippen LogP contribution in [0.4, 0.5) is 5.69 Å². The lowest BCUT2D eigenvalue weighted by Crippen LogP contribution is -2.12. The minimum absolute atomic E-state index is 0.189. The van der Waals surface area contributed by atoms with E-state index >= 15 is 0 Å². The minimum atomic E-state index is -0.342. The lowest BCUT2D eigenvalue weighted by Gasteiger charge is -2.06. The molecule has 5 nitrogen and oxygen atoms in total. The SMILES string of the molecule is CCCCOC(=O)c1ccc(NC(=O)c2sc(C)nc2C)cc1. The Kier molecular flexibility index (Phi) is 5.87.